The number of carbonyl (C=O) groups excluding carboxylic acids is 2. The lowest BCUT2D eigenvalue weighted by molar-refractivity contribution is -0.152. The van der Waals surface area contributed by atoms with E-state index in [0.717, 1.165) is 11.1 Å². The molecule has 0 aliphatic rings. The maximum Gasteiger partial charge on any atom is 0.333 e. The van der Waals surface area contributed by atoms with Crippen LogP contribution in [0.5, 0.6) is 0 Å². The molecule has 1 aromatic rings. The first kappa shape index (κ1) is 19.7. The van der Waals surface area contributed by atoms with E-state index in [0.29, 0.717) is 11.1 Å². The first-order valence-electron chi connectivity index (χ1n) is 7.75. The minimum Gasteiger partial charge on any atom is -0.451 e. The van der Waals surface area contributed by atoms with Crippen molar-refractivity contribution in [1.82, 2.24) is 0 Å². The Bertz CT molecular complexity index is 625. The predicted octanol–water partition coefficient (Wildman–Crippen LogP) is 4.40. The van der Waals surface area contributed by atoms with E-state index < -0.39 is 23.1 Å². The second-order valence-corrected chi connectivity index (χ2v) is 6.94. The van der Waals surface area contributed by atoms with Gasteiger partial charge in [-0.05, 0) is 58.7 Å². The lowest BCUT2D eigenvalue weighted by Crippen LogP contribution is -2.29. The van der Waals surface area contributed by atoms with Crippen molar-refractivity contribution in [1.29, 1.82) is 0 Å². The summed E-state index contributed by atoms with van der Waals surface area (Å²) in [6, 6.07) is 7.45. The summed E-state index contributed by atoms with van der Waals surface area (Å²) in [7, 11) is 0. The van der Waals surface area contributed by atoms with E-state index in [1.54, 1.807) is 41.5 Å². The normalized spacial score (nSPS) is 11.6. The Hall–Kier alpha value is -2.36. The van der Waals surface area contributed by atoms with Crippen molar-refractivity contribution in [3.8, 4) is 0 Å². The van der Waals surface area contributed by atoms with Gasteiger partial charge in [0.25, 0.3) is 0 Å². The van der Waals surface area contributed by atoms with E-state index in [1.165, 1.54) is 0 Å². The van der Waals surface area contributed by atoms with Crippen LogP contribution in [-0.2, 0) is 30.3 Å². The Labute approximate surface area is 144 Å². The summed E-state index contributed by atoms with van der Waals surface area (Å²) < 4.78 is 11.0. The number of carbonyl (C=O) groups is 2. The minimum atomic E-state index is -0.833. The van der Waals surface area contributed by atoms with Crippen LogP contribution in [0.2, 0.25) is 0 Å². The van der Waals surface area contributed by atoms with E-state index >= 15 is 0 Å². The zero-order chi connectivity index (χ0) is 18.7. The molecular weight excluding hydrogens is 304 g/mol. The highest BCUT2D eigenvalue weighted by molar-refractivity contribution is 5.87. The van der Waals surface area contributed by atoms with Gasteiger partial charge in [-0.1, -0.05) is 31.4 Å². The van der Waals surface area contributed by atoms with Crippen molar-refractivity contribution in [3.05, 3.63) is 59.7 Å². The fourth-order valence-electron chi connectivity index (χ4n) is 2.02. The molecule has 0 aliphatic carbocycles. The number of rotatable bonds is 6. The van der Waals surface area contributed by atoms with Crippen molar-refractivity contribution in [2.75, 3.05) is 0 Å². The molecule has 0 aliphatic heterocycles. The zero-order valence-corrected chi connectivity index (χ0v) is 15.4. The van der Waals surface area contributed by atoms with Gasteiger partial charge in [-0.25, -0.2) is 9.59 Å². The minimum absolute atomic E-state index is 0.343. The van der Waals surface area contributed by atoms with Crippen LogP contribution < -0.4 is 0 Å². The smallest absolute Gasteiger partial charge is 0.333 e. The molecule has 0 fully saturated rings. The fraction of sp³-hybridized carbons (Fsp3) is 0.400. The van der Waals surface area contributed by atoms with E-state index in [4.69, 9.17) is 9.47 Å². The summed E-state index contributed by atoms with van der Waals surface area (Å²) in [6.45, 7) is 17.6. The maximum absolute atomic E-state index is 11.8. The molecular formula is C20H26O4. The molecule has 1 rings (SSSR count). The predicted molar refractivity (Wildman–Crippen MR) is 94.3 cm³/mol. The molecule has 0 bridgehead atoms. The van der Waals surface area contributed by atoms with Gasteiger partial charge in [-0.3, -0.25) is 0 Å². The number of hydrogen-bond acceptors (Lipinski definition) is 4. The first-order chi connectivity index (χ1) is 10.9. The summed E-state index contributed by atoms with van der Waals surface area (Å²) in [5.41, 5.74) is 0.619. The standard InChI is InChI=1S/C20H26O4/c1-13(2)17(21)23-19(5,6)15-10-9-11-16(12-15)20(7,8)24-18(22)14(3)4/h9-12H,1,3H2,2,4-8H3. The van der Waals surface area contributed by atoms with E-state index in [-0.39, 0.29) is 0 Å². The average Bonchev–Trinajstić information content (AvgIpc) is 2.46. The number of ether oxygens (including phenoxy) is 2. The van der Waals surface area contributed by atoms with Gasteiger partial charge in [0.2, 0.25) is 0 Å². The second-order valence-electron chi connectivity index (χ2n) is 6.94. The molecule has 0 saturated carbocycles. The quantitative estimate of drug-likeness (QED) is 0.573. The molecule has 0 saturated heterocycles. The van der Waals surface area contributed by atoms with Crippen molar-refractivity contribution >= 4 is 11.9 Å². The number of benzene rings is 1. The monoisotopic (exact) mass is 330 g/mol. The van der Waals surface area contributed by atoms with Crippen molar-refractivity contribution in [2.45, 2.75) is 52.7 Å². The van der Waals surface area contributed by atoms with Gasteiger partial charge in [0.05, 0.1) is 0 Å². The Morgan fingerprint density at radius 3 is 1.46 bits per heavy atom. The third-order valence-electron chi connectivity index (χ3n) is 3.65. The largest absolute Gasteiger partial charge is 0.451 e. The van der Waals surface area contributed by atoms with Gasteiger partial charge >= 0.3 is 11.9 Å². The van der Waals surface area contributed by atoms with Gasteiger partial charge in [0.1, 0.15) is 11.2 Å². The molecule has 0 N–H and O–H groups in total. The van der Waals surface area contributed by atoms with Crippen LogP contribution in [0.3, 0.4) is 0 Å². The van der Waals surface area contributed by atoms with Crippen LogP contribution in [0.4, 0.5) is 0 Å². The van der Waals surface area contributed by atoms with Crippen molar-refractivity contribution in [2.24, 2.45) is 0 Å². The van der Waals surface area contributed by atoms with Gasteiger partial charge in [0.15, 0.2) is 0 Å². The third kappa shape index (κ3) is 4.82. The second kappa shape index (κ2) is 7.04. The third-order valence-corrected chi connectivity index (χ3v) is 3.65. The Balaban J connectivity index is 3.13. The highest BCUT2D eigenvalue weighted by Gasteiger charge is 2.30. The molecule has 0 heterocycles. The van der Waals surface area contributed by atoms with Crippen molar-refractivity contribution in [3.63, 3.8) is 0 Å². The Kier molecular flexibility index (Phi) is 5.77. The molecule has 1 aromatic carbocycles. The summed E-state index contributed by atoms with van der Waals surface area (Å²) in [6.07, 6.45) is 0. The maximum atomic E-state index is 11.8. The molecule has 0 aromatic heterocycles. The highest BCUT2D eigenvalue weighted by atomic mass is 16.6. The SMILES string of the molecule is C=C(C)C(=O)OC(C)(C)c1cccc(C(C)(C)OC(=O)C(=C)C)c1. The van der Waals surface area contributed by atoms with Gasteiger partial charge < -0.3 is 9.47 Å². The van der Waals surface area contributed by atoms with Crippen LogP contribution in [0, 0.1) is 0 Å². The molecule has 0 spiro atoms. The summed E-state index contributed by atoms with van der Waals surface area (Å²) >= 11 is 0. The van der Waals surface area contributed by atoms with Gasteiger partial charge in [-0.15, -0.1) is 0 Å². The molecule has 0 atom stereocenters. The Morgan fingerprint density at radius 1 is 0.833 bits per heavy atom. The lowest BCUT2D eigenvalue weighted by atomic mass is 9.90. The molecule has 0 radical (unpaired) electrons. The number of esters is 2. The summed E-state index contributed by atoms with van der Waals surface area (Å²) in [4.78, 5) is 23.7. The number of hydrogen-bond donors (Lipinski definition) is 0. The van der Waals surface area contributed by atoms with Crippen molar-refractivity contribution < 1.29 is 19.1 Å². The van der Waals surface area contributed by atoms with Crippen LogP contribution in [0.1, 0.15) is 52.7 Å². The van der Waals surface area contributed by atoms with Crippen LogP contribution in [-0.4, -0.2) is 11.9 Å². The van der Waals surface area contributed by atoms with Gasteiger partial charge in [0, 0.05) is 11.1 Å². The van der Waals surface area contributed by atoms with E-state index in [9.17, 15) is 9.59 Å². The molecule has 0 amide bonds. The zero-order valence-electron chi connectivity index (χ0n) is 15.4. The summed E-state index contributed by atoms with van der Waals surface area (Å²) in [5, 5.41) is 0. The van der Waals surface area contributed by atoms with Crippen LogP contribution in [0.15, 0.2) is 48.6 Å². The molecule has 130 valence electrons. The lowest BCUT2D eigenvalue weighted by Gasteiger charge is -2.30. The fourth-order valence-corrected chi connectivity index (χ4v) is 2.02. The topological polar surface area (TPSA) is 52.6 Å². The van der Waals surface area contributed by atoms with E-state index in [1.807, 2.05) is 24.3 Å². The average molecular weight is 330 g/mol. The van der Waals surface area contributed by atoms with Crippen LogP contribution >= 0.6 is 0 Å². The molecule has 4 heteroatoms. The molecule has 0 unspecified atom stereocenters. The highest BCUT2D eigenvalue weighted by Crippen LogP contribution is 2.31. The Morgan fingerprint density at radius 2 is 1.17 bits per heavy atom. The molecule has 24 heavy (non-hydrogen) atoms. The van der Waals surface area contributed by atoms with Gasteiger partial charge in [-0.2, -0.15) is 0 Å². The molecule has 4 nitrogen and oxygen atoms in total. The summed E-state index contributed by atoms with van der Waals surface area (Å²) in [5.74, 6) is -0.892. The van der Waals surface area contributed by atoms with E-state index in [2.05, 4.69) is 13.2 Å². The first-order valence-corrected chi connectivity index (χ1v) is 7.75. The van der Waals surface area contributed by atoms with Crippen LogP contribution in [0.25, 0.3) is 0 Å².